The highest BCUT2D eigenvalue weighted by atomic mass is 16.5. The fourth-order valence-corrected chi connectivity index (χ4v) is 1.95. The van der Waals surface area contributed by atoms with Crippen molar-refractivity contribution in [2.75, 3.05) is 6.61 Å². The average Bonchev–Trinajstić information content (AvgIpc) is 2.46. The van der Waals surface area contributed by atoms with Crippen LogP contribution in [0.2, 0.25) is 0 Å². The number of aromatic nitrogens is 2. The van der Waals surface area contributed by atoms with Gasteiger partial charge < -0.3 is 14.4 Å². The molecule has 0 unspecified atom stereocenters. The van der Waals surface area contributed by atoms with Gasteiger partial charge in [0.05, 0.1) is 0 Å². The zero-order chi connectivity index (χ0) is 14.4. The minimum absolute atomic E-state index is 0.0304. The molecule has 0 saturated heterocycles. The van der Waals surface area contributed by atoms with Crippen molar-refractivity contribution in [2.24, 2.45) is 0 Å². The Morgan fingerprint density at radius 2 is 2.15 bits per heavy atom. The Labute approximate surface area is 117 Å². The molecule has 20 heavy (non-hydrogen) atoms. The van der Waals surface area contributed by atoms with E-state index in [4.69, 9.17) is 9.84 Å². The summed E-state index contributed by atoms with van der Waals surface area (Å²) in [6.45, 7) is 2.67. The van der Waals surface area contributed by atoms with E-state index in [0.717, 1.165) is 12.0 Å². The number of hydrogen-bond acceptors (Lipinski definition) is 4. The van der Waals surface area contributed by atoms with Gasteiger partial charge in [0.25, 0.3) is 5.88 Å². The number of rotatable bonds is 6. The number of aryl methyl sites for hydroxylation is 1. The minimum Gasteiger partial charge on any atom is -0.434 e. The highest BCUT2D eigenvalue weighted by molar-refractivity contribution is 5.35. The first-order valence-corrected chi connectivity index (χ1v) is 6.68. The van der Waals surface area contributed by atoms with Gasteiger partial charge in [-0.3, -0.25) is 4.79 Å². The van der Waals surface area contributed by atoms with Crippen molar-refractivity contribution in [3.8, 4) is 11.6 Å². The van der Waals surface area contributed by atoms with E-state index < -0.39 is 0 Å². The fourth-order valence-electron chi connectivity index (χ4n) is 1.95. The Kier molecular flexibility index (Phi) is 4.90. The molecule has 106 valence electrons. The van der Waals surface area contributed by atoms with Crippen LogP contribution in [0.4, 0.5) is 0 Å². The van der Waals surface area contributed by atoms with E-state index in [9.17, 15) is 4.79 Å². The van der Waals surface area contributed by atoms with Crippen molar-refractivity contribution in [3.05, 3.63) is 52.6 Å². The molecular formula is C15H18N2O3. The lowest BCUT2D eigenvalue weighted by atomic mass is 10.1. The van der Waals surface area contributed by atoms with E-state index >= 15 is 0 Å². The maximum atomic E-state index is 12.2. The first kappa shape index (κ1) is 14.3. The van der Waals surface area contributed by atoms with Gasteiger partial charge in [-0.05, 0) is 24.5 Å². The van der Waals surface area contributed by atoms with Crippen molar-refractivity contribution >= 4 is 0 Å². The van der Waals surface area contributed by atoms with Crippen LogP contribution in [0.15, 0.2) is 41.5 Å². The van der Waals surface area contributed by atoms with Gasteiger partial charge in [-0.15, -0.1) is 0 Å². The molecule has 2 rings (SSSR count). The third kappa shape index (κ3) is 3.24. The Hall–Kier alpha value is -2.14. The van der Waals surface area contributed by atoms with Gasteiger partial charge in [0.2, 0.25) is 0 Å². The van der Waals surface area contributed by atoms with E-state index in [1.807, 2.05) is 25.1 Å². The smallest absolute Gasteiger partial charge is 0.313 e. The number of nitrogens with zero attached hydrogens (tertiary/aromatic N) is 2. The number of para-hydroxylation sites is 1. The highest BCUT2D eigenvalue weighted by Gasteiger charge is 2.09. The van der Waals surface area contributed by atoms with Crippen LogP contribution < -0.4 is 10.3 Å². The summed E-state index contributed by atoms with van der Waals surface area (Å²) in [6, 6.07) is 7.32. The number of ether oxygens (including phenoxy) is 1. The molecular weight excluding hydrogens is 256 g/mol. The number of aliphatic hydroxyl groups is 1. The molecule has 2 aromatic rings. The summed E-state index contributed by atoms with van der Waals surface area (Å²) in [5.74, 6) is 0.617. The molecule has 5 heteroatoms. The minimum atomic E-state index is -0.242. The molecule has 0 radical (unpaired) electrons. The van der Waals surface area contributed by atoms with Gasteiger partial charge in [-0.2, -0.15) is 0 Å². The molecule has 1 N–H and O–H groups in total. The third-order valence-corrected chi connectivity index (χ3v) is 2.91. The Morgan fingerprint density at radius 1 is 1.35 bits per heavy atom. The summed E-state index contributed by atoms with van der Waals surface area (Å²) in [7, 11) is 0. The molecule has 0 amide bonds. The van der Waals surface area contributed by atoms with E-state index in [1.54, 1.807) is 23.0 Å². The summed E-state index contributed by atoms with van der Waals surface area (Å²) in [6.07, 6.45) is 4.55. The molecule has 1 aromatic carbocycles. The van der Waals surface area contributed by atoms with Crippen LogP contribution in [0, 0.1) is 0 Å². The largest absolute Gasteiger partial charge is 0.434 e. The topological polar surface area (TPSA) is 64.3 Å². The van der Waals surface area contributed by atoms with Crippen molar-refractivity contribution in [3.63, 3.8) is 0 Å². The van der Waals surface area contributed by atoms with Crippen LogP contribution in [-0.4, -0.2) is 21.3 Å². The van der Waals surface area contributed by atoms with Crippen LogP contribution in [0.5, 0.6) is 11.6 Å². The second-order valence-corrected chi connectivity index (χ2v) is 4.41. The lowest BCUT2D eigenvalue weighted by molar-refractivity contribution is 0.297. The van der Waals surface area contributed by atoms with Gasteiger partial charge in [0.15, 0.2) is 0 Å². The van der Waals surface area contributed by atoms with E-state index in [-0.39, 0.29) is 18.0 Å². The molecule has 1 aromatic heterocycles. The number of aliphatic hydroxyl groups excluding tert-OH is 1. The SMILES string of the molecule is CCCn1ccnc(Oc2ccccc2CCO)c1=O. The van der Waals surface area contributed by atoms with Gasteiger partial charge in [-0.25, -0.2) is 4.98 Å². The molecule has 0 bridgehead atoms. The molecule has 5 nitrogen and oxygen atoms in total. The van der Waals surface area contributed by atoms with Gasteiger partial charge in [-0.1, -0.05) is 25.1 Å². The molecule has 0 spiro atoms. The van der Waals surface area contributed by atoms with E-state index in [2.05, 4.69) is 4.98 Å². The van der Waals surface area contributed by atoms with Crippen LogP contribution >= 0.6 is 0 Å². The Bertz CT molecular complexity index is 623. The predicted molar refractivity (Wildman–Crippen MR) is 76.1 cm³/mol. The second-order valence-electron chi connectivity index (χ2n) is 4.41. The summed E-state index contributed by atoms with van der Waals surface area (Å²) in [5.41, 5.74) is 0.607. The molecule has 0 fully saturated rings. The van der Waals surface area contributed by atoms with Crippen molar-refractivity contribution in [2.45, 2.75) is 26.3 Å². The Balaban J connectivity index is 2.31. The summed E-state index contributed by atoms with van der Waals surface area (Å²) in [5, 5.41) is 9.04. The molecule has 0 aliphatic rings. The molecule has 0 saturated carbocycles. The summed E-state index contributed by atoms with van der Waals surface area (Å²) >= 11 is 0. The predicted octanol–water partition coefficient (Wildman–Crippen LogP) is 1.98. The van der Waals surface area contributed by atoms with Gasteiger partial charge in [0, 0.05) is 25.5 Å². The van der Waals surface area contributed by atoms with E-state index in [0.29, 0.717) is 18.7 Å². The zero-order valence-corrected chi connectivity index (χ0v) is 11.5. The standard InChI is InChI=1S/C15H18N2O3/c1-2-9-17-10-8-16-14(15(17)19)20-13-6-4-3-5-12(13)7-11-18/h3-6,8,10,18H,2,7,9,11H2,1H3. The lowest BCUT2D eigenvalue weighted by Crippen LogP contribution is -2.21. The molecule has 0 aliphatic carbocycles. The van der Waals surface area contributed by atoms with Gasteiger partial charge >= 0.3 is 5.56 Å². The summed E-state index contributed by atoms with van der Waals surface area (Å²) < 4.78 is 7.20. The van der Waals surface area contributed by atoms with E-state index in [1.165, 1.54) is 0 Å². The van der Waals surface area contributed by atoms with Gasteiger partial charge in [0.1, 0.15) is 5.75 Å². The van der Waals surface area contributed by atoms with Crippen molar-refractivity contribution in [1.29, 1.82) is 0 Å². The van der Waals surface area contributed by atoms with Crippen LogP contribution in [0.1, 0.15) is 18.9 Å². The number of hydrogen-bond donors (Lipinski definition) is 1. The van der Waals surface area contributed by atoms with Crippen LogP contribution in [0.3, 0.4) is 0 Å². The lowest BCUT2D eigenvalue weighted by Gasteiger charge is -2.10. The normalized spacial score (nSPS) is 10.5. The maximum Gasteiger partial charge on any atom is 0.313 e. The Morgan fingerprint density at radius 3 is 2.90 bits per heavy atom. The zero-order valence-electron chi connectivity index (χ0n) is 11.5. The average molecular weight is 274 g/mol. The third-order valence-electron chi connectivity index (χ3n) is 2.91. The van der Waals surface area contributed by atoms with Crippen LogP contribution in [-0.2, 0) is 13.0 Å². The summed E-state index contributed by atoms with van der Waals surface area (Å²) in [4.78, 5) is 16.2. The molecule has 0 atom stereocenters. The maximum absolute atomic E-state index is 12.2. The van der Waals surface area contributed by atoms with Crippen molar-refractivity contribution < 1.29 is 9.84 Å². The molecule has 0 aliphatic heterocycles. The highest BCUT2D eigenvalue weighted by Crippen LogP contribution is 2.22. The monoisotopic (exact) mass is 274 g/mol. The first-order valence-electron chi connectivity index (χ1n) is 6.68. The number of benzene rings is 1. The quantitative estimate of drug-likeness (QED) is 0.874. The van der Waals surface area contributed by atoms with Crippen LogP contribution in [0.25, 0.3) is 0 Å². The van der Waals surface area contributed by atoms with Crippen molar-refractivity contribution in [1.82, 2.24) is 9.55 Å². The fraction of sp³-hybridized carbons (Fsp3) is 0.333. The second kappa shape index (κ2) is 6.86. The molecule has 1 heterocycles. The first-order chi connectivity index (χ1) is 9.76.